The Morgan fingerprint density at radius 3 is 2.84 bits per heavy atom. The van der Waals surface area contributed by atoms with Gasteiger partial charge in [-0.2, -0.15) is 0 Å². The van der Waals surface area contributed by atoms with Crippen molar-refractivity contribution < 1.29 is 18.3 Å². The SMILES string of the molecule is Cc1ccc(C)c(OCc2ccc(C(=O)Nc3ncn(Cc4ccc(F)cc4Cl)n3)o2)c1. The molecule has 2 aromatic heterocycles. The van der Waals surface area contributed by atoms with Crippen molar-refractivity contribution in [2.45, 2.75) is 27.0 Å². The number of nitrogens with one attached hydrogen (secondary N) is 1. The number of anilines is 1. The fourth-order valence-electron chi connectivity index (χ4n) is 3.00. The third-order valence-corrected chi connectivity index (χ3v) is 5.06. The van der Waals surface area contributed by atoms with Crippen LogP contribution in [-0.4, -0.2) is 20.7 Å². The first kappa shape index (κ1) is 21.6. The lowest BCUT2D eigenvalue weighted by atomic mass is 10.1. The zero-order valence-electron chi connectivity index (χ0n) is 17.4. The Morgan fingerprint density at radius 2 is 2.03 bits per heavy atom. The van der Waals surface area contributed by atoms with E-state index in [-0.39, 0.29) is 29.9 Å². The Labute approximate surface area is 188 Å². The average Bonchev–Trinajstić information content (AvgIpc) is 3.40. The smallest absolute Gasteiger partial charge is 0.293 e. The van der Waals surface area contributed by atoms with E-state index in [9.17, 15) is 9.18 Å². The Morgan fingerprint density at radius 1 is 1.19 bits per heavy atom. The van der Waals surface area contributed by atoms with Gasteiger partial charge < -0.3 is 9.15 Å². The van der Waals surface area contributed by atoms with Crippen LogP contribution < -0.4 is 10.1 Å². The molecular weight excluding hydrogens is 435 g/mol. The van der Waals surface area contributed by atoms with E-state index in [1.54, 1.807) is 18.2 Å². The van der Waals surface area contributed by atoms with Crippen molar-refractivity contribution in [3.05, 3.63) is 93.9 Å². The molecule has 7 nitrogen and oxygen atoms in total. The lowest BCUT2D eigenvalue weighted by molar-refractivity contribution is 0.0991. The average molecular weight is 455 g/mol. The molecule has 2 heterocycles. The van der Waals surface area contributed by atoms with Gasteiger partial charge in [0.1, 0.15) is 30.3 Å². The summed E-state index contributed by atoms with van der Waals surface area (Å²) < 4.78 is 26.1. The second-order valence-corrected chi connectivity index (χ2v) is 7.69. The fraction of sp³-hybridized carbons (Fsp3) is 0.174. The predicted molar refractivity (Wildman–Crippen MR) is 117 cm³/mol. The van der Waals surface area contributed by atoms with Crippen LogP contribution in [0.4, 0.5) is 10.3 Å². The quantitative estimate of drug-likeness (QED) is 0.417. The molecule has 4 rings (SSSR count). The molecule has 2 aromatic carbocycles. The lowest BCUT2D eigenvalue weighted by Gasteiger charge is -2.08. The van der Waals surface area contributed by atoms with Gasteiger partial charge in [0.2, 0.25) is 5.95 Å². The van der Waals surface area contributed by atoms with Crippen LogP contribution in [0.5, 0.6) is 5.75 Å². The van der Waals surface area contributed by atoms with Gasteiger partial charge in [0, 0.05) is 5.02 Å². The molecule has 0 fully saturated rings. The Bertz CT molecular complexity index is 1270. The first-order valence-corrected chi connectivity index (χ1v) is 10.2. The van der Waals surface area contributed by atoms with E-state index in [4.69, 9.17) is 20.8 Å². The summed E-state index contributed by atoms with van der Waals surface area (Å²) in [5.41, 5.74) is 2.79. The summed E-state index contributed by atoms with van der Waals surface area (Å²) in [6.45, 7) is 4.43. The summed E-state index contributed by atoms with van der Waals surface area (Å²) in [5, 5.41) is 7.06. The molecule has 0 aliphatic heterocycles. The number of nitrogens with zero attached hydrogens (tertiary/aromatic N) is 3. The first-order valence-electron chi connectivity index (χ1n) is 9.81. The fourth-order valence-corrected chi connectivity index (χ4v) is 3.23. The molecule has 4 aromatic rings. The molecule has 164 valence electrons. The highest BCUT2D eigenvalue weighted by Gasteiger charge is 2.15. The highest BCUT2D eigenvalue weighted by Crippen LogP contribution is 2.21. The highest BCUT2D eigenvalue weighted by atomic mass is 35.5. The van der Waals surface area contributed by atoms with Crippen LogP contribution in [0, 0.1) is 19.7 Å². The number of hydrogen-bond acceptors (Lipinski definition) is 5. The summed E-state index contributed by atoms with van der Waals surface area (Å²) in [6, 6.07) is 13.3. The number of rotatable bonds is 7. The van der Waals surface area contributed by atoms with Crippen LogP contribution in [-0.2, 0) is 13.2 Å². The number of benzene rings is 2. The number of aromatic nitrogens is 3. The van der Waals surface area contributed by atoms with E-state index >= 15 is 0 Å². The predicted octanol–water partition coefficient (Wildman–Crippen LogP) is 5.16. The molecule has 1 amide bonds. The van der Waals surface area contributed by atoms with E-state index in [0.717, 1.165) is 16.9 Å². The van der Waals surface area contributed by atoms with Crippen molar-refractivity contribution in [1.82, 2.24) is 14.8 Å². The topological polar surface area (TPSA) is 82.2 Å². The lowest BCUT2D eigenvalue weighted by Crippen LogP contribution is -2.12. The minimum absolute atomic E-state index is 0.109. The maximum Gasteiger partial charge on any atom is 0.293 e. The van der Waals surface area contributed by atoms with Crippen molar-refractivity contribution in [2.24, 2.45) is 0 Å². The van der Waals surface area contributed by atoms with Gasteiger partial charge in [0.15, 0.2) is 5.76 Å². The number of carbonyl (C=O) groups is 1. The van der Waals surface area contributed by atoms with E-state index in [1.807, 2.05) is 32.0 Å². The number of hydrogen-bond donors (Lipinski definition) is 1. The molecule has 0 radical (unpaired) electrons. The molecule has 0 aliphatic rings. The summed E-state index contributed by atoms with van der Waals surface area (Å²) >= 11 is 6.04. The minimum Gasteiger partial charge on any atom is -0.485 e. The first-order chi connectivity index (χ1) is 15.4. The second-order valence-electron chi connectivity index (χ2n) is 7.28. The number of carbonyl (C=O) groups excluding carboxylic acids is 1. The highest BCUT2D eigenvalue weighted by molar-refractivity contribution is 6.31. The van der Waals surface area contributed by atoms with Gasteiger partial charge in [-0.25, -0.2) is 14.1 Å². The summed E-state index contributed by atoms with van der Waals surface area (Å²) in [4.78, 5) is 16.5. The minimum atomic E-state index is -0.486. The largest absolute Gasteiger partial charge is 0.485 e. The second kappa shape index (κ2) is 9.23. The Balaban J connectivity index is 1.35. The molecule has 0 bridgehead atoms. The summed E-state index contributed by atoms with van der Waals surface area (Å²) in [5.74, 6) is 0.604. The van der Waals surface area contributed by atoms with Gasteiger partial charge >= 0.3 is 0 Å². The molecule has 9 heteroatoms. The Hall–Kier alpha value is -3.65. The van der Waals surface area contributed by atoms with Crippen molar-refractivity contribution in [3.63, 3.8) is 0 Å². The number of halogens is 2. The van der Waals surface area contributed by atoms with Gasteiger partial charge in [0.25, 0.3) is 5.91 Å². The molecule has 0 saturated heterocycles. The third kappa shape index (κ3) is 5.15. The van der Waals surface area contributed by atoms with Gasteiger partial charge in [-0.1, -0.05) is 29.8 Å². The monoisotopic (exact) mass is 454 g/mol. The Kier molecular flexibility index (Phi) is 6.23. The molecular formula is C23H20ClFN4O3. The van der Waals surface area contributed by atoms with Gasteiger partial charge in [-0.05, 0) is 60.9 Å². The van der Waals surface area contributed by atoms with Gasteiger partial charge in [-0.15, -0.1) is 5.10 Å². The zero-order valence-corrected chi connectivity index (χ0v) is 18.2. The van der Waals surface area contributed by atoms with E-state index < -0.39 is 11.7 Å². The van der Waals surface area contributed by atoms with Crippen LogP contribution in [0.2, 0.25) is 5.02 Å². The van der Waals surface area contributed by atoms with Crippen LogP contribution in [0.15, 0.2) is 59.3 Å². The number of amides is 1. The number of furan rings is 1. The molecule has 0 atom stereocenters. The van der Waals surface area contributed by atoms with Crippen molar-refractivity contribution >= 4 is 23.5 Å². The van der Waals surface area contributed by atoms with Crippen LogP contribution in [0.3, 0.4) is 0 Å². The van der Waals surface area contributed by atoms with E-state index in [0.29, 0.717) is 11.3 Å². The van der Waals surface area contributed by atoms with Crippen molar-refractivity contribution in [3.8, 4) is 5.75 Å². The van der Waals surface area contributed by atoms with Crippen LogP contribution in [0.1, 0.15) is 33.0 Å². The van der Waals surface area contributed by atoms with E-state index in [1.165, 1.54) is 23.1 Å². The summed E-state index contributed by atoms with van der Waals surface area (Å²) in [6.07, 6.45) is 1.45. The van der Waals surface area contributed by atoms with Gasteiger partial charge in [-0.3, -0.25) is 10.1 Å². The molecule has 32 heavy (non-hydrogen) atoms. The normalized spacial score (nSPS) is 10.9. The standard InChI is InChI=1S/C23H20ClFN4O3/c1-14-3-4-15(2)21(9-14)31-12-18-7-8-20(32-18)22(30)27-23-26-13-29(28-23)11-16-5-6-17(25)10-19(16)24/h3-10,13H,11-12H2,1-2H3,(H,27,28,30). The van der Waals surface area contributed by atoms with Crippen molar-refractivity contribution in [1.29, 1.82) is 0 Å². The molecule has 1 N–H and O–H groups in total. The molecule has 0 saturated carbocycles. The maximum atomic E-state index is 13.2. The van der Waals surface area contributed by atoms with E-state index in [2.05, 4.69) is 15.4 Å². The molecule has 0 unspecified atom stereocenters. The van der Waals surface area contributed by atoms with Crippen LogP contribution in [0.25, 0.3) is 0 Å². The molecule has 0 aliphatic carbocycles. The maximum absolute atomic E-state index is 13.2. The number of ether oxygens (including phenoxy) is 1. The van der Waals surface area contributed by atoms with Crippen molar-refractivity contribution in [2.75, 3.05) is 5.32 Å². The zero-order chi connectivity index (χ0) is 22.7. The third-order valence-electron chi connectivity index (χ3n) is 4.71. The number of aryl methyl sites for hydroxylation is 2. The van der Waals surface area contributed by atoms with Gasteiger partial charge in [0.05, 0.1) is 6.54 Å². The van der Waals surface area contributed by atoms with Crippen LogP contribution >= 0.6 is 11.6 Å². The molecule has 0 spiro atoms. The summed E-state index contributed by atoms with van der Waals surface area (Å²) in [7, 11) is 0.